The van der Waals surface area contributed by atoms with Crippen LogP contribution in [-0.4, -0.2) is 34.9 Å². The van der Waals surface area contributed by atoms with E-state index in [1.165, 1.54) is 0 Å². The number of halogens is 1. The summed E-state index contributed by atoms with van der Waals surface area (Å²) in [5.74, 6) is -0.0380. The summed E-state index contributed by atoms with van der Waals surface area (Å²) in [7, 11) is 0. The zero-order chi connectivity index (χ0) is 15.1. The Morgan fingerprint density at radius 1 is 1.40 bits per heavy atom. The van der Waals surface area contributed by atoms with Gasteiger partial charge in [-0.1, -0.05) is 28.1 Å². The molecule has 0 aromatic heterocycles. The molecule has 20 heavy (non-hydrogen) atoms. The van der Waals surface area contributed by atoms with E-state index >= 15 is 0 Å². The summed E-state index contributed by atoms with van der Waals surface area (Å²) in [6.45, 7) is 5.12. The van der Waals surface area contributed by atoms with E-state index < -0.39 is 0 Å². The SMILES string of the molecule is CC(C)N(CCC(N)=S)CC(=O)Nc1ccc(Br)cc1. The van der Waals surface area contributed by atoms with Crippen molar-refractivity contribution in [2.75, 3.05) is 18.4 Å². The number of carbonyl (C=O) groups is 1. The number of amides is 1. The fourth-order valence-electron chi connectivity index (χ4n) is 1.69. The maximum absolute atomic E-state index is 12.0. The number of thiocarbonyl (C=S) groups is 1. The fourth-order valence-corrected chi connectivity index (χ4v) is 2.05. The fraction of sp³-hybridized carbons (Fsp3) is 0.429. The predicted octanol–water partition coefficient (Wildman–Crippen LogP) is 2.77. The quantitative estimate of drug-likeness (QED) is 0.736. The standard InChI is InChI=1S/C14H20BrN3OS/c1-10(2)18(8-7-13(16)20)9-14(19)17-12-5-3-11(15)4-6-12/h3-6,10H,7-9H2,1-2H3,(H2,16,20)(H,17,19). The highest BCUT2D eigenvalue weighted by Crippen LogP contribution is 2.14. The van der Waals surface area contributed by atoms with Gasteiger partial charge in [0.25, 0.3) is 0 Å². The summed E-state index contributed by atoms with van der Waals surface area (Å²) in [6.07, 6.45) is 0.624. The van der Waals surface area contributed by atoms with E-state index in [0.717, 1.165) is 10.2 Å². The Labute approximate surface area is 133 Å². The molecule has 0 fully saturated rings. The van der Waals surface area contributed by atoms with Crippen molar-refractivity contribution in [1.29, 1.82) is 0 Å². The van der Waals surface area contributed by atoms with E-state index in [0.29, 0.717) is 24.5 Å². The highest BCUT2D eigenvalue weighted by molar-refractivity contribution is 9.10. The Morgan fingerprint density at radius 3 is 2.50 bits per heavy atom. The molecule has 0 heterocycles. The maximum atomic E-state index is 12.0. The third-order valence-corrected chi connectivity index (χ3v) is 3.58. The average molecular weight is 358 g/mol. The van der Waals surface area contributed by atoms with E-state index in [1.807, 2.05) is 43.0 Å². The molecule has 1 aromatic rings. The number of benzene rings is 1. The van der Waals surface area contributed by atoms with E-state index in [9.17, 15) is 4.79 Å². The Bertz CT molecular complexity index is 462. The zero-order valence-corrected chi connectivity index (χ0v) is 14.1. The van der Waals surface area contributed by atoms with Gasteiger partial charge >= 0.3 is 0 Å². The first-order valence-corrected chi connectivity index (χ1v) is 7.66. The van der Waals surface area contributed by atoms with Crippen molar-refractivity contribution in [2.24, 2.45) is 5.73 Å². The lowest BCUT2D eigenvalue weighted by molar-refractivity contribution is -0.117. The number of hydrogen-bond acceptors (Lipinski definition) is 3. The first-order valence-electron chi connectivity index (χ1n) is 6.46. The van der Waals surface area contributed by atoms with Crippen LogP contribution in [0, 0.1) is 0 Å². The Hall–Kier alpha value is -0.980. The molecule has 0 saturated heterocycles. The minimum absolute atomic E-state index is 0.0380. The molecule has 0 unspecified atom stereocenters. The van der Waals surface area contributed by atoms with Crippen LogP contribution in [0.1, 0.15) is 20.3 Å². The molecule has 110 valence electrons. The van der Waals surface area contributed by atoms with Gasteiger partial charge in [0.15, 0.2) is 0 Å². The van der Waals surface area contributed by atoms with Crippen LogP contribution in [-0.2, 0) is 4.79 Å². The van der Waals surface area contributed by atoms with E-state index in [-0.39, 0.29) is 11.9 Å². The summed E-state index contributed by atoms with van der Waals surface area (Å²) in [4.78, 5) is 14.6. The van der Waals surface area contributed by atoms with Crippen molar-refractivity contribution in [1.82, 2.24) is 4.90 Å². The topological polar surface area (TPSA) is 58.4 Å². The van der Waals surface area contributed by atoms with Gasteiger partial charge in [-0.2, -0.15) is 0 Å². The molecule has 4 nitrogen and oxygen atoms in total. The van der Waals surface area contributed by atoms with Crippen molar-refractivity contribution < 1.29 is 4.79 Å². The largest absolute Gasteiger partial charge is 0.393 e. The van der Waals surface area contributed by atoms with Crippen LogP contribution in [0.2, 0.25) is 0 Å². The molecule has 0 aliphatic carbocycles. The van der Waals surface area contributed by atoms with Crippen LogP contribution < -0.4 is 11.1 Å². The second-order valence-electron chi connectivity index (χ2n) is 4.84. The molecule has 6 heteroatoms. The highest BCUT2D eigenvalue weighted by atomic mass is 79.9. The van der Waals surface area contributed by atoms with Crippen molar-refractivity contribution in [3.63, 3.8) is 0 Å². The van der Waals surface area contributed by atoms with Gasteiger partial charge in [0.05, 0.1) is 11.5 Å². The first-order chi connectivity index (χ1) is 9.38. The molecular weight excluding hydrogens is 338 g/mol. The van der Waals surface area contributed by atoms with Crippen LogP contribution in [0.4, 0.5) is 5.69 Å². The Morgan fingerprint density at radius 2 is 2.00 bits per heavy atom. The molecule has 1 aromatic carbocycles. The summed E-state index contributed by atoms with van der Waals surface area (Å²) >= 11 is 8.24. The van der Waals surface area contributed by atoms with Gasteiger partial charge in [0, 0.05) is 29.2 Å². The van der Waals surface area contributed by atoms with Gasteiger partial charge in [-0.15, -0.1) is 0 Å². The predicted molar refractivity (Wildman–Crippen MR) is 90.9 cm³/mol. The summed E-state index contributed by atoms with van der Waals surface area (Å²) in [6, 6.07) is 7.76. The number of carbonyl (C=O) groups excluding carboxylic acids is 1. The van der Waals surface area contributed by atoms with Crippen LogP contribution in [0.25, 0.3) is 0 Å². The van der Waals surface area contributed by atoms with Gasteiger partial charge < -0.3 is 11.1 Å². The monoisotopic (exact) mass is 357 g/mol. The van der Waals surface area contributed by atoms with Gasteiger partial charge in [-0.05, 0) is 38.1 Å². The molecule has 0 aliphatic heterocycles. The lowest BCUT2D eigenvalue weighted by Crippen LogP contribution is -2.39. The summed E-state index contributed by atoms with van der Waals surface area (Å²) in [5, 5.41) is 2.88. The van der Waals surface area contributed by atoms with Crippen LogP contribution in [0.15, 0.2) is 28.7 Å². The van der Waals surface area contributed by atoms with E-state index in [1.54, 1.807) is 0 Å². The minimum atomic E-state index is -0.0380. The van der Waals surface area contributed by atoms with Crippen LogP contribution in [0.3, 0.4) is 0 Å². The third kappa shape index (κ3) is 6.45. The van der Waals surface area contributed by atoms with Gasteiger partial charge in [-0.25, -0.2) is 0 Å². The maximum Gasteiger partial charge on any atom is 0.238 e. The van der Waals surface area contributed by atoms with Gasteiger partial charge in [0.1, 0.15) is 0 Å². The number of nitrogens with two attached hydrogens (primary N) is 1. The molecule has 3 N–H and O–H groups in total. The number of nitrogens with zero attached hydrogens (tertiary/aromatic N) is 1. The number of rotatable bonds is 7. The minimum Gasteiger partial charge on any atom is -0.393 e. The Balaban J connectivity index is 2.53. The highest BCUT2D eigenvalue weighted by Gasteiger charge is 2.14. The molecule has 1 rings (SSSR count). The summed E-state index contributed by atoms with van der Waals surface area (Å²) < 4.78 is 0.982. The zero-order valence-electron chi connectivity index (χ0n) is 11.7. The van der Waals surface area contributed by atoms with Crippen molar-refractivity contribution in [3.8, 4) is 0 Å². The van der Waals surface area contributed by atoms with Gasteiger partial charge in [-0.3, -0.25) is 9.69 Å². The lowest BCUT2D eigenvalue weighted by atomic mass is 10.2. The normalized spacial score (nSPS) is 10.8. The number of nitrogens with one attached hydrogen (secondary N) is 1. The molecular formula is C14H20BrN3OS. The second kappa shape index (κ2) is 8.34. The van der Waals surface area contributed by atoms with E-state index in [4.69, 9.17) is 18.0 Å². The van der Waals surface area contributed by atoms with Crippen LogP contribution >= 0.6 is 28.1 Å². The molecule has 0 saturated carbocycles. The van der Waals surface area contributed by atoms with E-state index in [2.05, 4.69) is 21.2 Å². The third-order valence-electron chi connectivity index (χ3n) is 2.85. The lowest BCUT2D eigenvalue weighted by Gasteiger charge is -2.25. The van der Waals surface area contributed by atoms with Crippen molar-refractivity contribution >= 4 is 44.7 Å². The summed E-state index contributed by atoms with van der Waals surface area (Å²) in [5.41, 5.74) is 6.30. The number of anilines is 1. The molecule has 0 atom stereocenters. The smallest absolute Gasteiger partial charge is 0.238 e. The molecule has 0 spiro atoms. The molecule has 0 bridgehead atoms. The first kappa shape index (κ1) is 17.1. The van der Waals surface area contributed by atoms with Crippen molar-refractivity contribution in [3.05, 3.63) is 28.7 Å². The molecule has 1 amide bonds. The average Bonchev–Trinajstić information content (AvgIpc) is 2.36. The molecule has 0 radical (unpaired) electrons. The Kier molecular flexibility index (Phi) is 7.12. The molecule has 0 aliphatic rings. The number of hydrogen-bond donors (Lipinski definition) is 2. The van der Waals surface area contributed by atoms with Gasteiger partial charge in [0.2, 0.25) is 5.91 Å². The second-order valence-corrected chi connectivity index (χ2v) is 6.28. The van der Waals surface area contributed by atoms with Crippen molar-refractivity contribution in [2.45, 2.75) is 26.3 Å². The van der Waals surface area contributed by atoms with Crippen LogP contribution in [0.5, 0.6) is 0 Å².